The van der Waals surface area contributed by atoms with E-state index in [1.54, 1.807) is 30.7 Å². The molecular formula is C26H26FN5O2S. The summed E-state index contributed by atoms with van der Waals surface area (Å²) >= 11 is 1.55. The topological polar surface area (TPSA) is 88.2 Å². The minimum absolute atomic E-state index is 0.0251. The largest absolute Gasteiger partial charge is 0.496 e. The molecule has 0 aliphatic carbocycles. The highest BCUT2D eigenvalue weighted by molar-refractivity contribution is 7.17. The number of rotatable bonds is 7. The predicted octanol–water partition coefficient (Wildman–Crippen LogP) is 4.98. The first-order valence-corrected chi connectivity index (χ1v) is 12.4. The quantitative estimate of drug-likeness (QED) is 0.338. The summed E-state index contributed by atoms with van der Waals surface area (Å²) in [6, 6.07) is 12.2. The molecule has 0 bridgehead atoms. The fraction of sp³-hybridized carbons (Fsp3) is 0.269. The maximum Gasteiger partial charge on any atom is 0.254 e. The summed E-state index contributed by atoms with van der Waals surface area (Å²) in [5.74, 6) is 0.536. The van der Waals surface area contributed by atoms with Crippen molar-refractivity contribution in [1.29, 1.82) is 0 Å². The van der Waals surface area contributed by atoms with Gasteiger partial charge in [0.1, 0.15) is 11.6 Å². The molecule has 2 aromatic carbocycles. The molecule has 0 radical (unpaired) electrons. The molecule has 35 heavy (non-hydrogen) atoms. The molecule has 3 heterocycles. The van der Waals surface area contributed by atoms with Crippen LogP contribution in [0.5, 0.6) is 5.75 Å². The van der Waals surface area contributed by atoms with Crippen LogP contribution in [0.4, 0.5) is 16.0 Å². The number of nitrogens with zero attached hydrogens (tertiary/aromatic N) is 2. The lowest BCUT2D eigenvalue weighted by Gasteiger charge is -2.22. The Kier molecular flexibility index (Phi) is 6.87. The molecule has 9 heteroatoms. The van der Waals surface area contributed by atoms with Crippen molar-refractivity contribution >= 4 is 39.1 Å². The van der Waals surface area contributed by atoms with Gasteiger partial charge in [0.15, 0.2) is 0 Å². The van der Waals surface area contributed by atoms with Crippen LogP contribution in [0.2, 0.25) is 0 Å². The van der Waals surface area contributed by atoms with Crippen LogP contribution in [0.1, 0.15) is 23.2 Å². The van der Waals surface area contributed by atoms with Gasteiger partial charge < -0.3 is 20.7 Å². The normalized spacial score (nSPS) is 14.1. The lowest BCUT2D eigenvalue weighted by molar-refractivity contribution is 0.0940. The van der Waals surface area contributed by atoms with Crippen molar-refractivity contribution in [2.75, 3.05) is 32.1 Å². The molecule has 1 amide bonds. The van der Waals surface area contributed by atoms with Crippen LogP contribution < -0.4 is 20.7 Å². The summed E-state index contributed by atoms with van der Waals surface area (Å²) in [6.07, 6.45) is 3.77. The minimum atomic E-state index is -0.593. The summed E-state index contributed by atoms with van der Waals surface area (Å²) in [4.78, 5) is 21.5. The highest BCUT2D eigenvalue weighted by Gasteiger charge is 2.18. The van der Waals surface area contributed by atoms with Crippen molar-refractivity contribution in [2.24, 2.45) is 5.92 Å². The molecule has 180 valence electrons. The third kappa shape index (κ3) is 5.11. The number of aromatic nitrogens is 2. The van der Waals surface area contributed by atoms with Crippen LogP contribution in [0.3, 0.4) is 0 Å². The zero-order valence-electron chi connectivity index (χ0n) is 19.3. The number of hydrogen-bond donors (Lipinski definition) is 3. The highest BCUT2D eigenvalue weighted by atomic mass is 32.1. The molecule has 0 spiro atoms. The summed E-state index contributed by atoms with van der Waals surface area (Å²) in [5, 5.41) is 11.2. The van der Waals surface area contributed by atoms with Crippen LogP contribution in [-0.4, -0.2) is 42.6 Å². The summed E-state index contributed by atoms with van der Waals surface area (Å²) < 4.78 is 21.2. The average Bonchev–Trinajstić information content (AvgIpc) is 3.31. The molecule has 7 nitrogen and oxygen atoms in total. The summed E-state index contributed by atoms with van der Waals surface area (Å²) in [5.41, 5.74) is 3.16. The zero-order chi connectivity index (χ0) is 24.2. The lowest BCUT2D eigenvalue weighted by Crippen LogP contribution is -2.36. The second kappa shape index (κ2) is 10.4. The van der Waals surface area contributed by atoms with Gasteiger partial charge in [0.2, 0.25) is 5.95 Å². The second-order valence-corrected chi connectivity index (χ2v) is 9.39. The Hall–Kier alpha value is -3.56. The first-order valence-electron chi connectivity index (χ1n) is 11.6. The first kappa shape index (κ1) is 23.2. The molecule has 1 aliphatic heterocycles. The third-order valence-corrected chi connectivity index (χ3v) is 7.10. The Morgan fingerprint density at radius 2 is 2.03 bits per heavy atom. The molecule has 0 unspecified atom stereocenters. The fourth-order valence-electron chi connectivity index (χ4n) is 4.27. The van der Waals surface area contributed by atoms with Gasteiger partial charge in [0.25, 0.3) is 5.91 Å². The van der Waals surface area contributed by atoms with Gasteiger partial charge in [-0.05, 0) is 56.1 Å². The number of carbonyl (C=O) groups excluding carboxylic acids is 1. The van der Waals surface area contributed by atoms with E-state index in [1.165, 1.54) is 12.1 Å². The number of carbonyl (C=O) groups is 1. The molecule has 0 atom stereocenters. The van der Waals surface area contributed by atoms with Crippen molar-refractivity contribution in [3.63, 3.8) is 0 Å². The zero-order valence-corrected chi connectivity index (χ0v) is 20.1. The number of para-hydroxylation sites is 1. The molecule has 5 rings (SSSR count). The molecule has 1 aliphatic rings. The summed E-state index contributed by atoms with van der Waals surface area (Å²) in [7, 11) is 1.64. The number of ether oxygens (including phenoxy) is 1. The number of piperidine rings is 1. The maximum atomic E-state index is 14.8. The van der Waals surface area contributed by atoms with Crippen molar-refractivity contribution in [1.82, 2.24) is 20.6 Å². The number of amides is 1. The van der Waals surface area contributed by atoms with Crippen LogP contribution in [-0.2, 0) is 0 Å². The molecule has 3 N–H and O–H groups in total. The van der Waals surface area contributed by atoms with Gasteiger partial charge in [-0.15, -0.1) is 11.3 Å². The highest BCUT2D eigenvalue weighted by Crippen LogP contribution is 2.37. The van der Waals surface area contributed by atoms with Crippen molar-refractivity contribution in [3.05, 3.63) is 65.4 Å². The van der Waals surface area contributed by atoms with Gasteiger partial charge >= 0.3 is 0 Å². The van der Waals surface area contributed by atoms with E-state index >= 15 is 0 Å². The summed E-state index contributed by atoms with van der Waals surface area (Å²) in [6.45, 7) is 2.47. The third-order valence-electron chi connectivity index (χ3n) is 6.19. The van der Waals surface area contributed by atoms with Gasteiger partial charge in [0.05, 0.1) is 29.1 Å². The molecular weight excluding hydrogens is 465 g/mol. The van der Waals surface area contributed by atoms with Crippen LogP contribution in [0.15, 0.2) is 54.0 Å². The SMILES string of the molecule is COc1ccccc1-c1csc2cnc(Nc3ccc(C(=O)NCC4CCNCC4)c(F)c3)nc12. The van der Waals surface area contributed by atoms with E-state index in [-0.39, 0.29) is 5.56 Å². The smallest absolute Gasteiger partial charge is 0.254 e. The Labute approximate surface area is 206 Å². The number of halogens is 1. The number of thiophene rings is 1. The van der Waals surface area contributed by atoms with E-state index in [2.05, 4.69) is 25.9 Å². The van der Waals surface area contributed by atoms with Gasteiger partial charge in [-0.2, -0.15) is 0 Å². The molecule has 1 fully saturated rings. The number of methoxy groups -OCH3 is 1. The number of hydrogen-bond acceptors (Lipinski definition) is 7. The molecule has 0 saturated carbocycles. The average molecular weight is 492 g/mol. The van der Waals surface area contributed by atoms with Crippen LogP contribution in [0.25, 0.3) is 21.3 Å². The van der Waals surface area contributed by atoms with Crippen LogP contribution >= 0.6 is 11.3 Å². The van der Waals surface area contributed by atoms with E-state index in [4.69, 9.17) is 4.74 Å². The number of benzene rings is 2. The Bertz CT molecular complexity index is 1350. The number of anilines is 2. The van der Waals surface area contributed by atoms with Crippen LogP contribution in [0, 0.1) is 11.7 Å². The molecule has 1 saturated heterocycles. The second-order valence-electron chi connectivity index (χ2n) is 8.48. The lowest BCUT2D eigenvalue weighted by atomic mass is 9.98. The molecule has 2 aromatic heterocycles. The fourth-order valence-corrected chi connectivity index (χ4v) is 5.14. The Balaban J connectivity index is 1.32. The minimum Gasteiger partial charge on any atom is -0.496 e. The first-order chi connectivity index (χ1) is 17.1. The van der Waals surface area contributed by atoms with Crippen molar-refractivity contribution in [2.45, 2.75) is 12.8 Å². The van der Waals surface area contributed by atoms with E-state index in [1.807, 2.05) is 29.6 Å². The monoisotopic (exact) mass is 491 g/mol. The van der Waals surface area contributed by atoms with E-state index < -0.39 is 11.7 Å². The van der Waals surface area contributed by atoms with Crippen molar-refractivity contribution in [3.8, 4) is 16.9 Å². The predicted molar refractivity (Wildman–Crippen MR) is 137 cm³/mol. The van der Waals surface area contributed by atoms with Gasteiger partial charge in [-0.25, -0.2) is 14.4 Å². The maximum absolute atomic E-state index is 14.8. The Morgan fingerprint density at radius 1 is 1.20 bits per heavy atom. The Morgan fingerprint density at radius 3 is 2.83 bits per heavy atom. The van der Waals surface area contributed by atoms with E-state index in [0.29, 0.717) is 24.1 Å². The van der Waals surface area contributed by atoms with Crippen molar-refractivity contribution < 1.29 is 13.9 Å². The number of fused-ring (bicyclic) bond motifs is 1. The standard InChI is InChI=1S/C26H26FN5O2S/c1-34-22-5-3-2-4-18(22)20-15-35-23-14-30-26(32-24(20)23)31-17-6-7-19(21(27)12-17)25(33)29-13-16-8-10-28-11-9-16/h2-7,12,14-16,28H,8-11,13H2,1H3,(H,29,33)(H,30,31,32). The number of nitrogens with one attached hydrogen (secondary N) is 3. The van der Waals surface area contributed by atoms with Gasteiger partial charge in [0, 0.05) is 28.7 Å². The molecule has 4 aromatic rings. The van der Waals surface area contributed by atoms with Gasteiger partial charge in [-0.1, -0.05) is 18.2 Å². The van der Waals surface area contributed by atoms with E-state index in [0.717, 1.165) is 53.0 Å². The van der Waals surface area contributed by atoms with E-state index in [9.17, 15) is 9.18 Å². The van der Waals surface area contributed by atoms with Gasteiger partial charge in [-0.3, -0.25) is 4.79 Å².